The SMILES string of the molecule is CCC(C)N(CC)C(C)c1ccc(C)cc1O. The Morgan fingerprint density at radius 2 is 1.88 bits per heavy atom. The summed E-state index contributed by atoms with van der Waals surface area (Å²) in [5.41, 5.74) is 2.13. The van der Waals surface area contributed by atoms with Crippen molar-refractivity contribution in [2.45, 2.75) is 53.1 Å². The molecule has 0 radical (unpaired) electrons. The summed E-state index contributed by atoms with van der Waals surface area (Å²) in [6, 6.07) is 6.75. The topological polar surface area (TPSA) is 23.5 Å². The Kier molecular flexibility index (Phi) is 5.01. The van der Waals surface area contributed by atoms with Crippen molar-refractivity contribution < 1.29 is 5.11 Å². The van der Waals surface area contributed by atoms with Crippen molar-refractivity contribution in [2.75, 3.05) is 6.54 Å². The number of hydrogen-bond acceptors (Lipinski definition) is 2. The first-order valence-corrected chi connectivity index (χ1v) is 6.56. The molecule has 2 nitrogen and oxygen atoms in total. The summed E-state index contributed by atoms with van der Waals surface area (Å²) >= 11 is 0. The van der Waals surface area contributed by atoms with Gasteiger partial charge in [0.15, 0.2) is 0 Å². The van der Waals surface area contributed by atoms with Gasteiger partial charge in [-0.1, -0.05) is 26.0 Å². The minimum atomic E-state index is 0.260. The van der Waals surface area contributed by atoms with Gasteiger partial charge in [-0.25, -0.2) is 0 Å². The Morgan fingerprint density at radius 3 is 2.35 bits per heavy atom. The molecule has 17 heavy (non-hydrogen) atoms. The van der Waals surface area contributed by atoms with E-state index in [-0.39, 0.29) is 6.04 Å². The minimum absolute atomic E-state index is 0.260. The number of aryl methyl sites for hydroxylation is 1. The molecule has 1 aromatic rings. The van der Waals surface area contributed by atoms with E-state index in [0.29, 0.717) is 11.8 Å². The highest BCUT2D eigenvalue weighted by Gasteiger charge is 2.20. The minimum Gasteiger partial charge on any atom is -0.508 e. The molecule has 2 atom stereocenters. The van der Waals surface area contributed by atoms with Gasteiger partial charge in [0.1, 0.15) is 5.75 Å². The number of nitrogens with zero attached hydrogens (tertiary/aromatic N) is 1. The van der Waals surface area contributed by atoms with Crippen molar-refractivity contribution in [3.8, 4) is 5.75 Å². The molecule has 0 aliphatic rings. The van der Waals surface area contributed by atoms with Crippen molar-refractivity contribution in [1.29, 1.82) is 0 Å². The molecule has 96 valence electrons. The smallest absolute Gasteiger partial charge is 0.120 e. The monoisotopic (exact) mass is 235 g/mol. The number of rotatable bonds is 5. The average molecular weight is 235 g/mol. The highest BCUT2D eigenvalue weighted by atomic mass is 16.3. The van der Waals surface area contributed by atoms with Crippen molar-refractivity contribution in [1.82, 2.24) is 4.90 Å². The van der Waals surface area contributed by atoms with E-state index in [4.69, 9.17) is 0 Å². The summed E-state index contributed by atoms with van der Waals surface area (Å²) in [7, 11) is 0. The Labute approximate surface area is 105 Å². The van der Waals surface area contributed by atoms with Gasteiger partial charge in [0, 0.05) is 17.6 Å². The highest BCUT2D eigenvalue weighted by molar-refractivity contribution is 5.37. The van der Waals surface area contributed by atoms with E-state index in [0.717, 1.165) is 24.1 Å². The maximum absolute atomic E-state index is 10.0. The molecule has 0 bridgehead atoms. The molecule has 0 saturated heterocycles. The van der Waals surface area contributed by atoms with Gasteiger partial charge < -0.3 is 5.11 Å². The Bertz CT molecular complexity index is 362. The van der Waals surface area contributed by atoms with E-state index in [2.05, 4.69) is 38.7 Å². The average Bonchev–Trinajstić information content (AvgIpc) is 2.29. The van der Waals surface area contributed by atoms with Gasteiger partial charge in [0.2, 0.25) is 0 Å². The predicted octanol–water partition coefficient (Wildman–Crippen LogP) is 3.88. The summed E-state index contributed by atoms with van der Waals surface area (Å²) in [4.78, 5) is 2.42. The number of benzene rings is 1. The number of phenolic OH excluding ortho intramolecular Hbond substituents is 1. The van der Waals surface area contributed by atoms with Crippen LogP contribution in [0.4, 0.5) is 0 Å². The van der Waals surface area contributed by atoms with E-state index < -0.39 is 0 Å². The quantitative estimate of drug-likeness (QED) is 0.837. The molecule has 0 aromatic heterocycles. The molecular formula is C15H25NO. The predicted molar refractivity (Wildman–Crippen MR) is 73.4 cm³/mol. The van der Waals surface area contributed by atoms with Gasteiger partial charge >= 0.3 is 0 Å². The fraction of sp³-hybridized carbons (Fsp3) is 0.600. The van der Waals surface area contributed by atoms with Gasteiger partial charge in [0.05, 0.1) is 0 Å². The van der Waals surface area contributed by atoms with E-state index in [1.54, 1.807) is 0 Å². The second kappa shape index (κ2) is 6.06. The van der Waals surface area contributed by atoms with Crippen LogP contribution in [-0.4, -0.2) is 22.6 Å². The molecule has 2 unspecified atom stereocenters. The molecule has 0 heterocycles. The summed E-state index contributed by atoms with van der Waals surface area (Å²) in [5.74, 6) is 0.416. The lowest BCUT2D eigenvalue weighted by atomic mass is 10.0. The fourth-order valence-electron chi connectivity index (χ4n) is 2.39. The van der Waals surface area contributed by atoms with E-state index in [1.807, 2.05) is 19.1 Å². The Morgan fingerprint density at radius 1 is 1.24 bits per heavy atom. The van der Waals surface area contributed by atoms with Crippen LogP contribution >= 0.6 is 0 Å². The summed E-state index contributed by atoms with van der Waals surface area (Å²) in [6.07, 6.45) is 1.13. The lowest BCUT2D eigenvalue weighted by molar-refractivity contribution is 0.157. The summed E-state index contributed by atoms with van der Waals surface area (Å²) < 4.78 is 0. The molecule has 0 aliphatic carbocycles. The maximum Gasteiger partial charge on any atom is 0.120 e. The van der Waals surface area contributed by atoms with Gasteiger partial charge in [0.25, 0.3) is 0 Å². The number of hydrogen-bond donors (Lipinski definition) is 1. The molecule has 0 saturated carbocycles. The molecular weight excluding hydrogens is 210 g/mol. The van der Waals surface area contributed by atoms with Crippen LogP contribution < -0.4 is 0 Å². The maximum atomic E-state index is 10.0. The van der Waals surface area contributed by atoms with Gasteiger partial charge in [-0.15, -0.1) is 0 Å². The Hall–Kier alpha value is -1.02. The first-order valence-electron chi connectivity index (χ1n) is 6.56. The van der Waals surface area contributed by atoms with Crippen LogP contribution in [-0.2, 0) is 0 Å². The molecule has 0 fully saturated rings. The first-order chi connectivity index (χ1) is 8.01. The zero-order valence-electron chi connectivity index (χ0n) is 11.7. The van der Waals surface area contributed by atoms with Crippen molar-refractivity contribution in [3.05, 3.63) is 29.3 Å². The zero-order valence-corrected chi connectivity index (χ0v) is 11.7. The molecule has 0 amide bonds. The molecule has 1 N–H and O–H groups in total. The highest BCUT2D eigenvalue weighted by Crippen LogP contribution is 2.30. The molecule has 0 aliphatic heterocycles. The third kappa shape index (κ3) is 3.22. The summed E-state index contributed by atoms with van der Waals surface area (Å²) in [5, 5.41) is 10.0. The van der Waals surface area contributed by atoms with E-state index in [9.17, 15) is 5.11 Å². The Balaban J connectivity index is 2.97. The third-order valence-corrected chi connectivity index (χ3v) is 3.66. The number of aromatic hydroxyl groups is 1. The van der Waals surface area contributed by atoms with Crippen LogP contribution in [0, 0.1) is 6.92 Å². The van der Waals surface area contributed by atoms with Gasteiger partial charge in [-0.2, -0.15) is 0 Å². The van der Waals surface area contributed by atoms with Crippen LogP contribution in [0.1, 0.15) is 51.3 Å². The van der Waals surface area contributed by atoms with Crippen molar-refractivity contribution in [3.63, 3.8) is 0 Å². The van der Waals surface area contributed by atoms with Crippen LogP contribution in [0.15, 0.2) is 18.2 Å². The fourth-order valence-corrected chi connectivity index (χ4v) is 2.39. The molecule has 2 heteroatoms. The van der Waals surface area contributed by atoms with Gasteiger partial charge in [-0.05, 0) is 45.4 Å². The molecule has 1 rings (SSSR count). The molecule has 0 spiro atoms. The van der Waals surface area contributed by atoms with Crippen LogP contribution in [0.3, 0.4) is 0 Å². The number of phenols is 1. The largest absolute Gasteiger partial charge is 0.508 e. The first kappa shape index (κ1) is 14.0. The lowest BCUT2D eigenvalue weighted by Gasteiger charge is -2.33. The van der Waals surface area contributed by atoms with Crippen LogP contribution in [0.2, 0.25) is 0 Å². The van der Waals surface area contributed by atoms with E-state index >= 15 is 0 Å². The van der Waals surface area contributed by atoms with Crippen LogP contribution in [0.5, 0.6) is 5.75 Å². The van der Waals surface area contributed by atoms with Crippen LogP contribution in [0.25, 0.3) is 0 Å². The second-order valence-electron chi connectivity index (χ2n) is 4.83. The summed E-state index contributed by atoms with van der Waals surface area (Å²) in [6.45, 7) is 11.8. The van der Waals surface area contributed by atoms with E-state index in [1.165, 1.54) is 0 Å². The van der Waals surface area contributed by atoms with Gasteiger partial charge in [-0.3, -0.25) is 4.90 Å². The molecule has 1 aromatic carbocycles. The lowest BCUT2D eigenvalue weighted by Crippen LogP contribution is -2.34. The van der Waals surface area contributed by atoms with Crippen molar-refractivity contribution in [2.24, 2.45) is 0 Å². The zero-order chi connectivity index (χ0) is 13.0. The van der Waals surface area contributed by atoms with Crippen molar-refractivity contribution >= 4 is 0 Å². The second-order valence-corrected chi connectivity index (χ2v) is 4.83. The third-order valence-electron chi connectivity index (χ3n) is 3.66. The normalized spacial score (nSPS) is 14.9. The standard InChI is InChI=1S/C15H25NO/c1-6-12(4)16(7-2)13(5)14-9-8-11(3)10-15(14)17/h8-10,12-13,17H,6-7H2,1-5H3.